The van der Waals surface area contributed by atoms with E-state index in [2.05, 4.69) is 45.0 Å². The zero-order valence-corrected chi connectivity index (χ0v) is 12.2. The number of nitrogens with zero attached hydrogens (tertiary/aromatic N) is 1. The summed E-state index contributed by atoms with van der Waals surface area (Å²) in [6, 6.07) is 1.70. The van der Waals surface area contributed by atoms with E-state index in [1.165, 1.54) is 19.3 Å². The number of rotatable bonds is 7. The van der Waals surface area contributed by atoms with Crippen LogP contribution in [0.1, 0.15) is 53.4 Å². The predicted molar refractivity (Wildman–Crippen MR) is 73.2 cm³/mol. The maximum absolute atomic E-state index is 9.59. The molecule has 2 N–H and O–H groups in total. The highest BCUT2D eigenvalue weighted by atomic mass is 16.3. The minimum Gasteiger partial charge on any atom is -0.394 e. The first kappa shape index (κ1) is 14.9. The minimum absolute atomic E-state index is 0.161. The van der Waals surface area contributed by atoms with Crippen molar-refractivity contribution < 1.29 is 5.11 Å². The van der Waals surface area contributed by atoms with Gasteiger partial charge in [0.05, 0.1) is 6.61 Å². The van der Waals surface area contributed by atoms with Crippen molar-refractivity contribution >= 4 is 0 Å². The van der Waals surface area contributed by atoms with Gasteiger partial charge in [0.2, 0.25) is 0 Å². The molecule has 0 bridgehead atoms. The molecular weight excluding hydrogens is 212 g/mol. The molecule has 1 aliphatic carbocycles. The molecule has 0 spiro atoms. The summed E-state index contributed by atoms with van der Waals surface area (Å²) in [5.74, 6) is 0. The molecule has 3 nitrogen and oxygen atoms in total. The average molecular weight is 242 g/mol. The summed E-state index contributed by atoms with van der Waals surface area (Å²) in [6.45, 7) is 8.86. The zero-order chi connectivity index (χ0) is 13.1. The molecule has 0 amide bonds. The lowest BCUT2D eigenvalue weighted by atomic mass is 9.87. The van der Waals surface area contributed by atoms with Crippen LogP contribution in [0.4, 0.5) is 0 Å². The van der Waals surface area contributed by atoms with Crippen LogP contribution in [0.15, 0.2) is 0 Å². The normalized spacial score (nSPS) is 22.6. The van der Waals surface area contributed by atoms with Gasteiger partial charge in [-0.2, -0.15) is 0 Å². The first-order valence-corrected chi connectivity index (χ1v) is 6.98. The number of hydrogen-bond donors (Lipinski definition) is 2. The van der Waals surface area contributed by atoms with E-state index in [1.807, 2.05) is 0 Å². The van der Waals surface area contributed by atoms with Crippen molar-refractivity contribution in [1.82, 2.24) is 10.2 Å². The van der Waals surface area contributed by atoms with Crippen LogP contribution in [0.25, 0.3) is 0 Å². The topological polar surface area (TPSA) is 35.5 Å². The standard InChI is InChI=1S/C14H30N2O/c1-11(2)15-14(4,10-17)9-12(3)16(5)13-7-6-8-13/h11-13,15,17H,6-10H2,1-5H3. The molecule has 2 atom stereocenters. The second kappa shape index (κ2) is 6.17. The molecule has 0 aromatic carbocycles. The van der Waals surface area contributed by atoms with E-state index < -0.39 is 0 Å². The molecule has 0 radical (unpaired) electrons. The van der Waals surface area contributed by atoms with Crippen LogP contribution >= 0.6 is 0 Å². The Bertz CT molecular complexity index is 228. The molecule has 1 saturated carbocycles. The highest BCUT2D eigenvalue weighted by Crippen LogP contribution is 2.27. The molecule has 1 aliphatic rings. The van der Waals surface area contributed by atoms with Gasteiger partial charge < -0.3 is 15.3 Å². The van der Waals surface area contributed by atoms with Crippen molar-refractivity contribution in [3.05, 3.63) is 0 Å². The quantitative estimate of drug-likeness (QED) is 0.717. The van der Waals surface area contributed by atoms with E-state index in [0.29, 0.717) is 12.1 Å². The Morgan fingerprint density at radius 3 is 2.29 bits per heavy atom. The lowest BCUT2D eigenvalue weighted by molar-refractivity contribution is 0.0742. The second-order valence-corrected chi connectivity index (χ2v) is 6.32. The monoisotopic (exact) mass is 242 g/mol. The summed E-state index contributed by atoms with van der Waals surface area (Å²) in [4.78, 5) is 2.49. The van der Waals surface area contributed by atoms with Crippen LogP contribution < -0.4 is 5.32 Å². The third-order valence-corrected chi connectivity index (χ3v) is 4.08. The number of aliphatic hydroxyl groups is 1. The Kier molecular flexibility index (Phi) is 5.42. The Balaban J connectivity index is 2.48. The first-order valence-electron chi connectivity index (χ1n) is 6.98. The molecule has 102 valence electrons. The van der Waals surface area contributed by atoms with Gasteiger partial charge in [0, 0.05) is 23.7 Å². The van der Waals surface area contributed by atoms with Crippen LogP contribution in [0.2, 0.25) is 0 Å². The van der Waals surface area contributed by atoms with E-state index in [9.17, 15) is 5.11 Å². The fourth-order valence-corrected chi connectivity index (χ4v) is 2.82. The molecule has 2 unspecified atom stereocenters. The van der Waals surface area contributed by atoms with E-state index >= 15 is 0 Å². The van der Waals surface area contributed by atoms with Crippen LogP contribution in [0, 0.1) is 0 Å². The molecule has 0 aromatic heterocycles. The zero-order valence-electron chi connectivity index (χ0n) is 12.2. The largest absolute Gasteiger partial charge is 0.394 e. The Labute approximate surface area is 107 Å². The van der Waals surface area contributed by atoms with Crippen molar-refractivity contribution in [2.45, 2.75) is 77.0 Å². The lowest BCUT2D eigenvalue weighted by Crippen LogP contribution is -2.54. The van der Waals surface area contributed by atoms with Crippen molar-refractivity contribution in [1.29, 1.82) is 0 Å². The van der Waals surface area contributed by atoms with Gasteiger partial charge in [0.25, 0.3) is 0 Å². The van der Waals surface area contributed by atoms with Gasteiger partial charge in [-0.3, -0.25) is 0 Å². The predicted octanol–water partition coefficient (Wildman–Crippen LogP) is 2.00. The number of hydrogen-bond acceptors (Lipinski definition) is 3. The molecule has 17 heavy (non-hydrogen) atoms. The van der Waals surface area contributed by atoms with Crippen molar-refractivity contribution in [3.8, 4) is 0 Å². The Hall–Kier alpha value is -0.120. The Morgan fingerprint density at radius 2 is 1.94 bits per heavy atom. The third kappa shape index (κ3) is 4.23. The lowest BCUT2D eigenvalue weighted by Gasteiger charge is -2.42. The smallest absolute Gasteiger partial charge is 0.0611 e. The highest BCUT2D eigenvalue weighted by molar-refractivity contribution is 4.90. The van der Waals surface area contributed by atoms with Gasteiger partial charge in [0.15, 0.2) is 0 Å². The molecule has 0 aromatic rings. The van der Waals surface area contributed by atoms with Gasteiger partial charge in [-0.15, -0.1) is 0 Å². The summed E-state index contributed by atoms with van der Waals surface area (Å²) >= 11 is 0. The fraction of sp³-hybridized carbons (Fsp3) is 1.00. The molecule has 3 heteroatoms. The van der Waals surface area contributed by atoms with Gasteiger partial charge in [0.1, 0.15) is 0 Å². The van der Waals surface area contributed by atoms with Crippen LogP contribution in [0.5, 0.6) is 0 Å². The number of nitrogens with one attached hydrogen (secondary N) is 1. The van der Waals surface area contributed by atoms with Gasteiger partial charge in [-0.1, -0.05) is 20.3 Å². The third-order valence-electron chi connectivity index (χ3n) is 4.08. The average Bonchev–Trinajstić information content (AvgIpc) is 2.13. The van der Waals surface area contributed by atoms with Crippen molar-refractivity contribution in [3.63, 3.8) is 0 Å². The van der Waals surface area contributed by atoms with Crippen LogP contribution in [-0.4, -0.2) is 47.3 Å². The summed E-state index contributed by atoms with van der Waals surface area (Å²) in [7, 11) is 2.22. The number of aliphatic hydroxyl groups excluding tert-OH is 1. The Morgan fingerprint density at radius 1 is 1.35 bits per heavy atom. The molecular formula is C14H30N2O. The first-order chi connectivity index (χ1) is 7.88. The molecule has 1 rings (SSSR count). The van der Waals surface area contributed by atoms with E-state index in [-0.39, 0.29) is 12.1 Å². The summed E-state index contributed by atoms with van der Waals surface area (Å²) in [5, 5.41) is 13.1. The van der Waals surface area contributed by atoms with Crippen molar-refractivity contribution in [2.24, 2.45) is 0 Å². The maximum atomic E-state index is 9.59. The summed E-state index contributed by atoms with van der Waals surface area (Å²) in [6.07, 6.45) is 5.06. The van der Waals surface area contributed by atoms with Crippen LogP contribution in [0.3, 0.4) is 0 Å². The van der Waals surface area contributed by atoms with Gasteiger partial charge >= 0.3 is 0 Å². The minimum atomic E-state index is -0.161. The van der Waals surface area contributed by atoms with Crippen molar-refractivity contribution in [2.75, 3.05) is 13.7 Å². The van der Waals surface area contributed by atoms with E-state index in [4.69, 9.17) is 0 Å². The maximum Gasteiger partial charge on any atom is 0.0611 e. The summed E-state index contributed by atoms with van der Waals surface area (Å²) < 4.78 is 0. The second-order valence-electron chi connectivity index (χ2n) is 6.32. The highest BCUT2D eigenvalue weighted by Gasteiger charge is 2.31. The van der Waals surface area contributed by atoms with Crippen LogP contribution in [-0.2, 0) is 0 Å². The molecule has 0 aliphatic heterocycles. The molecule has 1 fully saturated rings. The fourth-order valence-electron chi connectivity index (χ4n) is 2.82. The SMILES string of the molecule is CC(C)NC(C)(CO)CC(C)N(C)C1CCC1. The molecule has 0 heterocycles. The van der Waals surface area contributed by atoms with E-state index in [0.717, 1.165) is 12.5 Å². The van der Waals surface area contributed by atoms with Gasteiger partial charge in [-0.25, -0.2) is 0 Å². The van der Waals surface area contributed by atoms with Gasteiger partial charge in [-0.05, 0) is 40.2 Å². The van der Waals surface area contributed by atoms with E-state index in [1.54, 1.807) is 0 Å². The molecule has 0 saturated heterocycles. The summed E-state index contributed by atoms with van der Waals surface area (Å²) in [5.41, 5.74) is -0.161.